The van der Waals surface area contributed by atoms with Crippen LogP contribution in [0.15, 0.2) is 58.4 Å². The lowest BCUT2D eigenvalue weighted by molar-refractivity contribution is -0.122. The summed E-state index contributed by atoms with van der Waals surface area (Å²) in [6.45, 7) is 6.77. The maximum absolute atomic E-state index is 12.8. The molecule has 0 bridgehead atoms. The highest BCUT2D eigenvalue weighted by molar-refractivity contribution is 8.18. The zero-order valence-corrected chi connectivity index (χ0v) is 15.6. The highest BCUT2D eigenvalue weighted by Gasteiger charge is 2.32. The predicted octanol–water partition coefficient (Wildman–Crippen LogP) is 5.18. The van der Waals surface area contributed by atoms with Crippen LogP contribution in [-0.4, -0.2) is 22.5 Å². The first-order chi connectivity index (χ1) is 12.1. The SMILES string of the molecule is CCc1ccccc1N=C1S/C(=C/c2ccccc2C)C(=O)N1CC. The fourth-order valence-corrected chi connectivity index (χ4v) is 3.83. The number of carbonyl (C=O) groups is 1. The molecule has 4 heteroatoms. The molecule has 128 valence electrons. The topological polar surface area (TPSA) is 32.7 Å². The second-order valence-electron chi connectivity index (χ2n) is 5.89. The Morgan fingerprint density at radius 1 is 1.08 bits per heavy atom. The standard InChI is InChI=1S/C21H22N2OS/c1-4-16-11-8-9-13-18(16)22-21-23(5-2)20(24)19(25-21)14-17-12-7-6-10-15(17)3/h6-14H,4-5H2,1-3H3/b19-14+,22-21?. The van der Waals surface area contributed by atoms with Gasteiger partial charge in [-0.1, -0.05) is 49.4 Å². The van der Waals surface area contributed by atoms with E-state index in [0.717, 1.165) is 33.3 Å². The molecule has 0 saturated carbocycles. The minimum atomic E-state index is 0.0310. The zero-order chi connectivity index (χ0) is 17.8. The van der Waals surface area contributed by atoms with Crippen LogP contribution in [0.4, 0.5) is 5.69 Å². The molecule has 2 aromatic carbocycles. The Morgan fingerprint density at radius 2 is 1.80 bits per heavy atom. The molecule has 0 unspecified atom stereocenters. The monoisotopic (exact) mass is 350 g/mol. The van der Waals surface area contributed by atoms with Gasteiger partial charge in [0.1, 0.15) is 0 Å². The summed E-state index contributed by atoms with van der Waals surface area (Å²) >= 11 is 1.46. The van der Waals surface area contributed by atoms with Crippen LogP contribution in [0.5, 0.6) is 0 Å². The van der Waals surface area contributed by atoms with Crippen molar-refractivity contribution in [3.05, 3.63) is 70.1 Å². The molecule has 0 N–H and O–H groups in total. The van der Waals surface area contributed by atoms with Crippen LogP contribution >= 0.6 is 11.8 Å². The van der Waals surface area contributed by atoms with Crippen molar-refractivity contribution in [1.82, 2.24) is 4.90 Å². The van der Waals surface area contributed by atoms with Crippen LogP contribution in [0.1, 0.15) is 30.5 Å². The number of nitrogens with zero attached hydrogens (tertiary/aromatic N) is 2. The van der Waals surface area contributed by atoms with Gasteiger partial charge in [0.25, 0.3) is 5.91 Å². The van der Waals surface area contributed by atoms with Crippen LogP contribution in [0, 0.1) is 6.92 Å². The van der Waals surface area contributed by atoms with Crippen molar-refractivity contribution in [2.75, 3.05) is 6.54 Å². The van der Waals surface area contributed by atoms with Crippen LogP contribution in [0.3, 0.4) is 0 Å². The summed E-state index contributed by atoms with van der Waals surface area (Å²) in [7, 11) is 0. The number of thioether (sulfide) groups is 1. The molecular formula is C21H22N2OS. The Bertz CT molecular complexity index is 854. The van der Waals surface area contributed by atoms with E-state index in [-0.39, 0.29) is 5.91 Å². The van der Waals surface area contributed by atoms with Gasteiger partial charge in [0.05, 0.1) is 10.6 Å². The van der Waals surface area contributed by atoms with Crippen molar-refractivity contribution in [3.8, 4) is 0 Å². The first-order valence-electron chi connectivity index (χ1n) is 8.57. The lowest BCUT2D eigenvalue weighted by Crippen LogP contribution is -2.28. The lowest BCUT2D eigenvalue weighted by atomic mass is 10.1. The Balaban J connectivity index is 1.98. The van der Waals surface area contributed by atoms with E-state index in [1.54, 1.807) is 4.90 Å². The van der Waals surface area contributed by atoms with E-state index in [4.69, 9.17) is 4.99 Å². The van der Waals surface area contributed by atoms with Gasteiger partial charge < -0.3 is 0 Å². The summed E-state index contributed by atoms with van der Waals surface area (Å²) in [5, 5.41) is 0.758. The van der Waals surface area contributed by atoms with Gasteiger partial charge in [-0.2, -0.15) is 0 Å². The molecule has 0 aromatic heterocycles. The van der Waals surface area contributed by atoms with Crippen molar-refractivity contribution >= 4 is 34.6 Å². The number of para-hydroxylation sites is 1. The summed E-state index contributed by atoms with van der Waals surface area (Å²) in [6.07, 6.45) is 2.89. The number of aryl methyl sites for hydroxylation is 2. The third-order valence-corrected chi connectivity index (χ3v) is 5.27. The first-order valence-corrected chi connectivity index (χ1v) is 9.39. The van der Waals surface area contributed by atoms with E-state index in [2.05, 4.69) is 26.0 Å². The molecule has 2 aromatic rings. The fraction of sp³-hybridized carbons (Fsp3) is 0.238. The minimum Gasteiger partial charge on any atom is -0.287 e. The number of hydrogen-bond acceptors (Lipinski definition) is 3. The lowest BCUT2D eigenvalue weighted by Gasteiger charge is -2.12. The van der Waals surface area contributed by atoms with Gasteiger partial charge in [0.2, 0.25) is 0 Å². The smallest absolute Gasteiger partial charge is 0.266 e. The summed E-state index contributed by atoms with van der Waals surface area (Å²) in [6, 6.07) is 16.2. The van der Waals surface area contributed by atoms with E-state index >= 15 is 0 Å². The molecule has 0 radical (unpaired) electrons. The predicted molar refractivity (Wildman–Crippen MR) is 107 cm³/mol. The Labute approximate surface area is 153 Å². The molecule has 1 saturated heterocycles. The molecule has 1 fully saturated rings. The number of aliphatic imine (C=N–C) groups is 1. The van der Waals surface area contributed by atoms with Crippen molar-refractivity contribution < 1.29 is 4.79 Å². The molecule has 0 spiro atoms. The largest absolute Gasteiger partial charge is 0.287 e. The number of likely N-dealkylation sites (N-methyl/N-ethyl adjacent to an activating group) is 1. The van der Waals surface area contributed by atoms with Gasteiger partial charge in [-0.05, 0) is 60.9 Å². The summed E-state index contributed by atoms with van der Waals surface area (Å²) in [5.74, 6) is 0.0310. The number of benzene rings is 2. The molecular weight excluding hydrogens is 328 g/mol. The number of rotatable bonds is 4. The molecule has 0 atom stereocenters. The summed E-state index contributed by atoms with van der Waals surface area (Å²) in [5.41, 5.74) is 4.36. The molecule has 1 amide bonds. The number of amidine groups is 1. The summed E-state index contributed by atoms with van der Waals surface area (Å²) < 4.78 is 0. The van der Waals surface area contributed by atoms with Crippen molar-refractivity contribution in [1.29, 1.82) is 0 Å². The van der Waals surface area contributed by atoms with E-state index in [0.29, 0.717) is 6.54 Å². The molecule has 25 heavy (non-hydrogen) atoms. The quantitative estimate of drug-likeness (QED) is 0.712. The van der Waals surface area contributed by atoms with Gasteiger partial charge >= 0.3 is 0 Å². The van der Waals surface area contributed by atoms with E-state index in [1.165, 1.54) is 17.3 Å². The third-order valence-electron chi connectivity index (χ3n) is 4.27. The number of hydrogen-bond donors (Lipinski definition) is 0. The van der Waals surface area contributed by atoms with Crippen molar-refractivity contribution in [2.45, 2.75) is 27.2 Å². The normalized spacial score (nSPS) is 17.7. The number of amides is 1. The fourth-order valence-electron chi connectivity index (χ4n) is 2.78. The maximum atomic E-state index is 12.8. The molecule has 1 heterocycles. The van der Waals surface area contributed by atoms with Gasteiger partial charge in [0.15, 0.2) is 5.17 Å². The minimum absolute atomic E-state index is 0.0310. The Kier molecular flexibility index (Phi) is 5.39. The van der Waals surface area contributed by atoms with E-state index in [9.17, 15) is 4.79 Å². The summed E-state index contributed by atoms with van der Waals surface area (Å²) in [4.78, 5) is 20.0. The second-order valence-corrected chi connectivity index (χ2v) is 6.90. The molecule has 3 nitrogen and oxygen atoms in total. The van der Waals surface area contributed by atoms with Crippen LogP contribution in [0.25, 0.3) is 6.08 Å². The van der Waals surface area contributed by atoms with E-state index < -0.39 is 0 Å². The number of carbonyl (C=O) groups excluding carboxylic acids is 1. The molecule has 1 aliphatic heterocycles. The highest BCUT2D eigenvalue weighted by atomic mass is 32.2. The third kappa shape index (κ3) is 3.69. The first kappa shape index (κ1) is 17.5. The van der Waals surface area contributed by atoms with Crippen molar-refractivity contribution in [2.24, 2.45) is 4.99 Å². The Hall–Kier alpha value is -2.33. The van der Waals surface area contributed by atoms with Crippen molar-refractivity contribution in [3.63, 3.8) is 0 Å². The highest BCUT2D eigenvalue weighted by Crippen LogP contribution is 2.35. The molecule has 1 aliphatic rings. The van der Waals surface area contributed by atoms with Gasteiger partial charge in [0, 0.05) is 6.54 Å². The van der Waals surface area contributed by atoms with Gasteiger partial charge in [-0.3, -0.25) is 9.69 Å². The average Bonchev–Trinajstić information content (AvgIpc) is 2.92. The van der Waals surface area contributed by atoms with Crippen LogP contribution in [0.2, 0.25) is 0 Å². The zero-order valence-electron chi connectivity index (χ0n) is 14.8. The molecule has 0 aliphatic carbocycles. The second kappa shape index (κ2) is 7.70. The average molecular weight is 350 g/mol. The van der Waals surface area contributed by atoms with Gasteiger partial charge in [-0.15, -0.1) is 0 Å². The van der Waals surface area contributed by atoms with Crippen LogP contribution in [-0.2, 0) is 11.2 Å². The Morgan fingerprint density at radius 3 is 2.52 bits per heavy atom. The van der Waals surface area contributed by atoms with Gasteiger partial charge in [-0.25, -0.2) is 4.99 Å². The van der Waals surface area contributed by atoms with E-state index in [1.807, 2.05) is 49.4 Å². The van der Waals surface area contributed by atoms with Crippen LogP contribution < -0.4 is 0 Å². The maximum Gasteiger partial charge on any atom is 0.266 e. The molecule has 3 rings (SSSR count).